The normalized spacial score (nSPS) is 26.4. The van der Waals surface area contributed by atoms with E-state index >= 15 is 0 Å². The number of likely N-dealkylation sites (tertiary alicyclic amines) is 1. The summed E-state index contributed by atoms with van der Waals surface area (Å²) in [7, 11) is 5.24. The molecule has 1 amide bonds. The SMILES string of the molecule is COc1cc2c(cc1OC)C(CCC1(C)CCN(C)C1=O)NCC2. The fourth-order valence-corrected chi connectivity index (χ4v) is 4.00. The Hall–Kier alpha value is -1.75. The Bertz CT molecular complexity index is 631. The van der Waals surface area contributed by atoms with Gasteiger partial charge < -0.3 is 19.7 Å². The fraction of sp³-hybridized carbons (Fsp3) is 0.632. The molecule has 1 saturated heterocycles. The first kappa shape index (κ1) is 17.1. The van der Waals surface area contributed by atoms with Gasteiger partial charge in [0.1, 0.15) is 0 Å². The largest absolute Gasteiger partial charge is 0.493 e. The van der Waals surface area contributed by atoms with Crippen molar-refractivity contribution in [3.63, 3.8) is 0 Å². The van der Waals surface area contributed by atoms with Crippen LogP contribution in [0.25, 0.3) is 0 Å². The number of benzene rings is 1. The summed E-state index contributed by atoms with van der Waals surface area (Å²) < 4.78 is 10.9. The van der Waals surface area contributed by atoms with Gasteiger partial charge in [-0.3, -0.25) is 4.79 Å². The Morgan fingerprint density at radius 2 is 2.00 bits per heavy atom. The van der Waals surface area contributed by atoms with Gasteiger partial charge in [-0.1, -0.05) is 6.92 Å². The third-order valence-electron chi connectivity index (χ3n) is 5.65. The fourth-order valence-electron chi connectivity index (χ4n) is 4.00. The Kier molecular flexibility index (Phi) is 4.72. The first-order chi connectivity index (χ1) is 11.5. The van der Waals surface area contributed by atoms with E-state index in [0.29, 0.717) is 0 Å². The molecule has 24 heavy (non-hydrogen) atoms. The first-order valence-corrected chi connectivity index (χ1v) is 8.72. The molecule has 1 aromatic carbocycles. The summed E-state index contributed by atoms with van der Waals surface area (Å²) in [4.78, 5) is 14.3. The molecule has 2 atom stereocenters. The monoisotopic (exact) mass is 332 g/mol. The molecule has 0 spiro atoms. The quantitative estimate of drug-likeness (QED) is 0.900. The highest BCUT2D eigenvalue weighted by molar-refractivity contribution is 5.84. The standard InChI is InChI=1S/C19H28N2O3/c1-19(8-10-21(2)18(19)22)7-5-15-14-12-17(24-4)16(23-3)11-13(14)6-9-20-15/h11-12,15,20H,5-10H2,1-4H3. The van der Waals surface area contributed by atoms with Crippen LogP contribution in [0.1, 0.15) is 43.4 Å². The third kappa shape index (κ3) is 2.97. The lowest BCUT2D eigenvalue weighted by atomic mass is 9.80. The van der Waals surface area contributed by atoms with Gasteiger partial charge in [-0.25, -0.2) is 0 Å². The van der Waals surface area contributed by atoms with Crippen molar-refractivity contribution in [2.45, 2.75) is 38.6 Å². The van der Waals surface area contributed by atoms with E-state index < -0.39 is 0 Å². The lowest BCUT2D eigenvalue weighted by molar-refractivity contribution is -0.134. The van der Waals surface area contributed by atoms with Crippen LogP contribution in [-0.2, 0) is 11.2 Å². The van der Waals surface area contributed by atoms with Gasteiger partial charge in [-0.15, -0.1) is 0 Å². The van der Waals surface area contributed by atoms with Crippen LogP contribution in [0.5, 0.6) is 11.5 Å². The van der Waals surface area contributed by atoms with E-state index in [1.807, 2.05) is 11.9 Å². The topological polar surface area (TPSA) is 50.8 Å². The summed E-state index contributed by atoms with van der Waals surface area (Å²) in [5.41, 5.74) is 2.38. The van der Waals surface area contributed by atoms with Crippen LogP contribution in [-0.4, -0.2) is 45.2 Å². The van der Waals surface area contributed by atoms with Crippen molar-refractivity contribution in [2.24, 2.45) is 5.41 Å². The van der Waals surface area contributed by atoms with Crippen molar-refractivity contribution in [3.05, 3.63) is 23.3 Å². The molecular formula is C19H28N2O3. The number of rotatable bonds is 5. The van der Waals surface area contributed by atoms with Crippen molar-refractivity contribution in [1.82, 2.24) is 10.2 Å². The summed E-state index contributed by atoms with van der Waals surface area (Å²) in [6.45, 7) is 3.93. The number of hydrogen-bond acceptors (Lipinski definition) is 4. The summed E-state index contributed by atoms with van der Waals surface area (Å²) in [5.74, 6) is 1.84. The maximum Gasteiger partial charge on any atom is 0.228 e. The molecule has 0 aromatic heterocycles. The number of methoxy groups -OCH3 is 2. The minimum Gasteiger partial charge on any atom is -0.493 e. The molecular weight excluding hydrogens is 304 g/mol. The predicted molar refractivity (Wildman–Crippen MR) is 93.6 cm³/mol. The van der Waals surface area contributed by atoms with Crippen molar-refractivity contribution in [1.29, 1.82) is 0 Å². The Labute approximate surface area is 144 Å². The predicted octanol–water partition coefficient (Wildman–Crippen LogP) is 2.54. The van der Waals surface area contributed by atoms with E-state index in [1.54, 1.807) is 14.2 Å². The number of hydrogen-bond donors (Lipinski definition) is 1. The minimum absolute atomic E-state index is 0.218. The summed E-state index contributed by atoms with van der Waals surface area (Å²) in [5, 5.41) is 3.61. The van der Waals surface area contributed by atoms with Crippen LogP contribution >= 0.6 is 0 Å². The van der Waals surface area contributed by atoms with Crippen LogP contribution in [0, 0.1) is 5.41 Å². The average molecular weight is 332 g/mol. The average Bonchev–Trinajstić information content (AvgIpc) is 2.86. The smallest absolute Gasteiger partial charge is 0.228 e. The molecule has 1 fully saturated rings. The molecule has 0 aliphatic carbocycles. The summed E-state index contributed by atoms with van der Waals surface area (Å²) >= 11 is 0. The molecule has 2 aliphatic heterocycles. The molecule has 0 bridgehead atoms. The van der Waals surface area contributed by atoms with E-state index in [-0.39, 0.29) is 17.4 Å². The molecule has 0 radical (unpaired) electrons. The van der Waals surface area contributed by atoms with Crippen LogP contribution in [0.3, 0.4) is 0 Å². The Balaban J connectivity index is 1.78. The van der Waals surface area contributed by atoms with E-state index in [0.717, 1.165) is 50.3 Å². The van der Waals surface area contributed by atoms with E-state index in [4.69, 9.17) is 9.47 Å². The van der Waals surface area contributed by atoms with Crippen LogP contribution in [0.15, 0.2) is 12.1 Å². The number of nitrogens with zero attached hydrogens (tertiary/aromatic N) is 1. The second-order valence-corrected chi connectivity index (χ2v) is 7.24. The second-order valence-electron chi connectivity index (χ2n) is 7.24. The molecule has 2 heterocycles. The van der Waals surface area contributed by atoms with Crippen molar-refractivity contribution < 1.29 is 14.3 Å². The van der Waals surface area contributed by atoms with Gasteiger partial charge in [0.25, 0.3) is 0 Å². The summed E-state index contributed by atoms with van der Waals surface area (Å²) in [6.07, 6.45) is 3.80. The van der Waals surface area contributed by atoms with Gasteiger partial charge >= 0.3 is 0 Å². The maximum absolute atomic E-state index is 12.4. The van der Waals surface area contributed by atoms with Crippen molar-refractivity contribution in [3.8, 4) is 11.5 Å². The van der Waals surface area contributed by atoms with E-state index in [9.17, 15) is 4.79 Å². The van der Waals surface area contributed by atoms with E-state index in [1.165, 1.54) is 11.1 Å². The molecule has 2 unspecified atom stereocenters. The number of carbonyl (C=O) groups is 1. The highest BCUT2D eigenvalue weighted by atomic mass is 16.5. The first-order valence-electron chi connectivity index (χ1n) is 8.72. The highest BCUT2D eigenvalue weighted by Crippen LogP contribution is 2.40. The van der Waals surface area contributed by atoms with Crippen molar-refractivity contribution in [2.75, 3.05) is 34.4 Å². The second kappa shape index (κ2) is 6.63. The molecule has 2 aliphatic rings. The van der Waals surface area contributed by atoms with Crippen LogP contribution in [0.2, 0.25) is 0 Å². The van der Waals surface area contributed by atoms with Gasteiger partial charge in [0.05, 0.1) is 14.2 Å². The lowest BCUT2D eigenvalue weighted by Gasteiger charge is -2.31. The summed E-state index contributed by atoms with van der Waals surface area (Å²) in [6, 6.07) is 4.46. The molecule has 0 saturated carbocycles. The Morgan fingerprint density at radius 3 is 2.62 bits per heavy atom. The number of ether oxygens (including phenoxy) is 2. The van der Waals surface area contributed by atoms with Gasteiger partial charge in [0.2, 0.25) is 5.91 Å². The number of fused-ring (bicyclic) bond motifs is 1. The highest BCUT2D eigenvalue weighted by Gasteiger charge is 2.41. The number of nitrogens with one attached hydrogen (secondary N) is 1. The number of amides is 1. The minimum atomic E-state index is -0.218. The zero-order valence-corrected chi connectivity index (χ0v) is 15.1. The van der Waals surface area contributed by atoms with Crippen molar-refractivity contribution >= 4 is 5.91 Å². The Morgan fingerprint density at radius 1 is 1.29 bits per heavy atom. The molecule has 5 heteroatoms. The maximum atomic E-state index is 12.4. The molecule has 5 nitrogen and oxygen atoms in total. The molecule has 132 valence electrons. The third-order valence-corrected chi connectivity index (χ3v) is 5.65. The van der Waals surface area contributed by atoms with Gasteiger partial charge in [0, 0.05) is 25.0 Å². The van der Waals surface area contributed by atoms with Crippen LogP contribution in [0.4, 0.5) is 0 Å². The molecule has 1 N–H and O–H groups in total. The van der Waals surface area contributed by atoms with Crippen LogP contribution < -0.4 is 14.8 Å². The molecule has 3 rings (SSSR count). The van der Waals surface area contributed by atoms with Gasteiger partial charge in [-0.2, -0.15) is 0 Å². The zero-order chi connectivity index (χ0) is 17.3. The van der Waals surface area contributed by atoms with Gasteiger partial charge in [-0.05, 0) is 55.5 Å². The molecule has 1 aromatic rings. The zero-order valence-electron chi connectivity index (χ0n) is 15.1. The van der Waals surface area contributed by atoms with Gasteiger partial charge in [0.15, 0.2) is 11.5 Å². The number of carbonyl (C=O) groups excluding carboxylic acids is 1. The van der Waals surface area contributed by atoms with E-state index in [2.05, 4.69) is 24.4 Å². The lowest BCUT2D eigenvalue weighted by Crippen LogP contribution is -2.33.